The Labute approximate surface area is 127 Å². The van der Waals surface area contributed by atoms with E-state index in [0.717, 1.165) is 30.8 Å². The minimum absolute atomic E-state index is 0.220. The standard InChI is InChI=1S/C15H18ClFN2O2/c1-20-14-8-13-12(7-11(14)17)18-15(4-5-16)19(13)10-3-2-6-21-9-10/h7-8,10H,2-6,9H2,1H3. The minimum Gasteiger partial charge on any atom is -0.494 e. The molecule has 4 nitrogen and oxygen atoms in total. The number of aromatic nitrogens is 2. The summed E-state index contributed by atoms with van der Waals surface area (Å²) in [7, 11) is 1.47. The van der Waals surface area contributed by atoms with E-state index in [1.165, 1.54) is 13.2 Å². The van der Waals surface area contributed by atoms with Crippen molar-refractivity contribution in [3.63, 3.8) is 0 Å². The largest absolute Gasteiger partial charge is 0.494 e. The third-order valence-electron chi connectivity index (χ3n) is 3.86. The maximum absolute atomic E-state index is 13.9. The van der Waals surface area contributed by atoms with Crippen LogP contribution in [-0.4, -0.2) is 35.8 Å². The van der Waals surface area contributed by atoms with Crippen LogP contribution >= 0.6 is 11.6 Å². The van der Waals surface area contributed by atoms with Crippen LogP contribution in [-0.2, 0) is 11.2 Å². The molecule has 1 fully saturated rings. The lowest BCUT2D eigenvalue weighted by Crippen LogP contribution is -2.23. The molecule has 0 aliphatic carbocycles. The number of imidazole rings is 1. The van der Waals surface area contributed by atoms with Crippen LogP contribution in [0.2, 0.25) is 0 Å². The van der Waals surface area contributed by atoms with Crippen LogP contribution in [0.5, 0.6) is 5.75 Å². The molecule has 0 bridgehead atoms. The van der Waals surface area contributed by atoms with Gasteiger partial charge in [-0.15, -0.1) is 11.6 Å². The van der Waals surface area contributed by atoms with Crippen molar-refractivity contribution in [3.8, 4) is 5.75 Å². The normalized spacial score (nSPS) is 19.1. The SMILES string of the molecule is COc1cc2c(cc1F)nc(CCCl)n2C1CCCOC1. The van der Waals surface area contributed by atoms with Gasteiger partial charge in [0.2, 0.25) is 0 Å². The van der Waals surface area contributed by atoms with Gasteiger partial charge in [-0.05, 0) is 12.8 Å². The fourth-order valence-corrected chi connectivity index (χ4v) is 3.07. The number of ether oxygens (including phenoxy) is 2. The van der Waals surface area contributed by atoms with Gasteiger partial charge in [0, 0.05) is 31.0 Å². The maximum atomic E-state index is 13.9. The van der Waals surface area contributed by atoms with Crippen molar-refractivity contribution in [2.45, 2.75) is 25.3 Å². The molecule has 0 N–H and O–H groups in total. The summed E-state index contributed by atoms with van der Waals surface area (Å²) in [6.07, 6.45) is 2.69. The molecule has 1 saturated heterocycles. The van der Waals surface area contributed by atoms with E-state index < -0.39 is 5.82 Å². The number of nitrogens with zero attached hydrogens (tertiary/aromatic N) is 2. The zero-order valence-corrected chi connectivity index (χ0v) is 12.7. The molecule has 6 heteroatoms. The molecule has 1 unspecified atom stereocenters. The smallest absolute Gasteiger partial charge is 0.167 e. The lowest BCUT2D eigenvalue weighted by molar-refractivity contribution is 0.0596. The van der Waals surface area contributed by atoms with Gasteiger partial charge >= 0.3 is 0 Å². The molecular formula is C15H18ClFN2O2. The van der Waals surface area contributed by atoms with Crippen LogP contribution in [0.4, 0.5) is 4.39 Å². The molecule has 1 aromatic heterocycles. The summed E-state index contributed by atoms with van der Waals surface area (Å²) in [6.45, 7) is 1.45. The van der Waals surface area contributed by atoms with Gasteiger partial charge in [0.15, 0.2) is 11.6 Å². The second-order valence-corrected chi connectivity index (χ2v) is 5.56. The predicted molar refractivity (Wildman–Crippen MR) is 79.8 cm³/mol. The number of rotatable bonds is 4. The van der Waals surface area contributed by atoms with Crippen molar-refractivity contribution < 1.29 is 13.9 Å². The van der Waals surface area contributed by atoms with Crippen molar-refractivity contribution in [1.29, 1.82) is 0 Å². The van der Waals surface area contributed by atoms with Gasteiger partial charge in [0.05, 0.1) is 30.8 Å². The summed E-state index contributed by atoms with van der Waals surface area (Å²) in [4.78, 5) is 4.54. The van der Waals surface area contributed by atoms with E-state index in [9.17, 15) is 4.39 Å². The second kappa shape index (κ2) is 6.20. The van der Waals surface area contributed by atoms with Crippen molar-refractivity contribution in [3.05, 3.63) is 23.8 Å². The number of alkyl halides is 1. The molecule has 1 atom stereocenters. The summed E-state index contributed by atoms with van der Waals surface area (Å²) >= 11 is 5.88. The fraction of sp³-hybridized carbons (Fsp3) is 0.533. The molecule has 0 radical (unpaired) electrons. The van der Waals surface area contributed by atoms with Crippen LogP contribution < -0.4 is 4.74 Å². The third kappa shape index (κ3) is 2.72. The molecule has 3 rings (SSSR count). The van der Waals surface area contributed by atoms with E-state index in [4.69, 9.17) is 21.1 Å². The van der Waals surface area contributed by atoms with E-state index in [-0.39, 0.29) is 11.8 Å². The Morgan fingerprint density at radius 1 is 1.52 bits per heavy atom. The highest BCUT2D eigenvalue weighted by Crippen LogP contribution is 2.31. The molecule has 1 aliphatic heterocycles. The Balaban J connectivity index is 2.14. The quantitative estimate of drug-likeness (QED) is 0.813. The number of aryl methyl sites for hydroxylation is 1. The first-order chi connectivity index (χ1) is 10.2. The van der Waals surface area contributed by atoms with Crippen LogP contribution in [0, 0.1) is 5.82 Å². The summed E-state index contributed by atoms with van der Waals surface area (Å²) in [5.41, 5.74) is 1.52. The number of hydrogen-bond acceptors (Lipinski definition) is 3. The van der Waals surface area contributed by atoms with Gasteiger partial charge in [-0.1, -0.05) is 0 Å². The Morgan fingerprint density at radius 2 is 2.38 bits per heavy atom. The van der Waals surface area contributed by atoms with Crippen molar-refractivity contribution in [2.75, 3.05) is 26.2 Å². The average Bonchev–Trinajstić information content (AvgIpc) is 2.84. The molecule has 0 spiro atoms. The summed E-state index contributed by atoms with van der Waals surface area (Å²) in [5, 5.41) is 0. The Hall–Kier alpha value is -1.33. The lowest BCUT2D eigenvalue weighted by Gasteiger charge is -2.25. The minimum atomic E-state index is -0.396. The van der Waals surface area contributed by atoms with Gasteiger partial charge in [-0.3, -0.25) is 0 Å². The van der Waals surface area contributed by atoms with Crippen LogP contribution in [0.25, 0.3) is 11.0 Å². The number of halogens is 2. The van der Waals surface area contributed by atoms with Gasteiger partial charge in [-0.2, -0.15) is 0 Å². The lowest BCUT2D eigenvalue weighted by atomic mass is 10.1. The highest BCUT2D eigenvalue weighted by molar-refractivity contribution is 6.17. The van der Waals surface area contributed by atoms with Gasteiger partial charge in [-0.25, -0.2) is 9.37 Å². The molecular weight excluding hydrogens is 295 g/mol. The summed E-state index contributed by atoms with van der Waals surface area (Å²) in [6, 6.07) is 3.35. The fourth-order valence-electron chi connectivity index (χ4n) is 2.90. The number of benzene rings is 1. The predicted octanol–water partition coefficient (Wildman–Crippen LogP) is 3.32. The van der Waals surface area contributed by atoms with E-state index in [0.29, 0.717) is 24.4 Å². The van der Waals surface area contributed by atoms with Crippen LogP contribution in [0.3, 0.4) is 0 Å². The van der Waals surface area contributed by atoms with Gasteiger partial charge in [0.25, 0.3) is 0 Å². The molecule has 1 aromatic carbocycles. The van der Waals surface area contributed by atoms with Crippen LogP contribution in [0.15, 0.2) is 12.1 Å². The summed E-state index contributed by atoms with van der Waals surface area (Å²) in [5.74, 6) is 1.20. The van der Waals surface area contributed by atoms with Gasteiger partial charge < -0.3 is 14.0 Å². The number of methoxy groups -OCH3 is 1. The molecule has 1 aliphatic rings. The molecule has 2 heterocycles. The van der Waals surface area contributed by atoms with E-state index in [1.807, 2.05) is 0 Å². The molecule has 114 valence electrons. The van der Waals surface area contributed by atoms with E-state index >= 15 is 0 Å². The molecule has 21 heavy (non-hydrogen) atoms. The van der Waals surface area contributed by atoms with Crippen LogP contribution in [0.1, 0.15) is 24.7 Å². The zero-order valence-electron chi connectivity index (χ0n) is 11.9. The topological polar surface area (TPSA) is 36.3 Å². The highest BCUT2D eigenvalue weighted by atomic mass is 35.5. The molecule has 0 saturated carbocycles. The Bertz CT molecular complexity index is 638. The van der Waals surface area contributed by atoms with Crippen molar-refractivity contribution >= 4 is 22.6 Å². The summed E-state index contributed by atoms with van der Waals surface area (Å²) < 4.78 is 26.7. The first-order valence-corrected chi connectivity index (χ1v) is 7.66. The first kappa shape index (κ1) is 14.6. The molecule has 0 amide bonds. The maximum Gasteiger partial charge on any atom is 0.167 e. The molecule has 2 aromatic rings. The Morgan fingerprint density at radius 3 is 3.05 bits per heavy atom. The third-order valence-corrected chi connectivity index (χ3v) is 4.04. The monoisotopic (exact) mass is 312 g/mol. The van der Waals surface area contributed by atoms with Gasteiger partial charge in [0.1, 0.15) is 5.82 Å². The van der Waals surface area contributed by atoms with E-state index in [1.54, 1.807) is 6.07 Å². The first-order valence-electron chi connectivity index (χ1n) is 7.12. The van der Waals surface area contributed by atoms with E-state index in [2.05, 4.69) is 9.55 Å². The number of fused-ring (bicyclic) bond motifs is 1. The zero-order chi connectivity index (χ0) is 14.8. The second-order valence-electron chi connectivity index (χ2n) is 5.18. The Kier molecular flexibility index (Phi) is 4.31. The average molecular weight is 313 g/mol. The van der Waals surface area contributed by atoms with Crippen molar-refractivity contribution in [1.82, 2.24) is 9.55 Å². The van der Waals surface area contributed by atoms with Crippen molar-refractivity contribution in [2.24, 2.45) is 0 Å². The highest BCUT2D eigenvalue weighted by Gasteiger charge is 2.23. The number of hydrogen-bond donors (Lipinski definition) is 0.